The van der Waals surface area contributed by atoms with Gasteiger partial charge in [0.25, 0.3) is 0 Å². The lowest BCUT2D eigenvalue weighted by atomic mass is 10.2. The summed E-state index contributed by atoms with van der Waals surface area (Å²) >= 11 is 1.61. The summed E-state index contributed by atoms with van der Waals surface area (Å²) in [4.78, 5) is 15.2. The van der Waals surface area contributed by atoms with Gasteiger partial charge < -0.3 is 4.98 Å². The predicted molar refractivity (Wildman–Crippen MR) is 129 cm³/mol. The van der Waals surface area contributed by atoms with Crippen molar-refractivity contribution in [2.24, 2.45) is 0 Å². The zero-order valence-electron chi connectivity index (χ0n) is 17.8. The van der Waals surface area contributed by atoms with E-state index in [1.165, 1.54) is 12.1 Å². The number of H-pyrrole nitrogens is 1. The van der Waals surface area contributed by atoms with Gasteiger partial charge in [-0.25, -0.2) is 9.18 Å². The molecule has 0 aliphatic heterocycles. The highest BCUT2D eigenvalue weighted by molar-refractivity contribution is 7.99. The van der Waals surface area contributed by atoms with Crippen LogP contribution in [0, 0.1) is 5.82 Å². The van der Waals surface area contributed by atoms with Crippen LogP contribution in [0.3, 0.4) is 0 Å². The smallest absolute Gasteiger partial charge is 0.306 e. The number of hydrogen-bond donors (Lipinski definition) is 1. The Kier molecular flexibility index (Phi) is 6.08. The van der Waals surface area contributed by atoms with Gasteiger partial charge in [0.1, 0.15) is 5.82 Å². The van der Waals surface area contributed by atoms with Crippen molar-refractivity contribution in [2.75, 3.05) is 5.75 Å². The molecule has 166 valence electrons. The lowest BCUT2D eigenvalue weighted by molar-refractivity contribution is 0.628. The number of halogens is 1. The summed E-state index contributed by atoms with van der Waals surface area (Å²) in [6.07, 6.45) is 0.802. The molecule has 0 atom stereocenters. The van der Waals surface area contributed by atoms with Crippen molar-refractivity contribution in [1.29, 1.82) is 0 Å². The van der Waals surface area contributed by atoms with Crippen molar-refractivity contribution >= 4 is 22.8 Å². The first-order chi connectivity index (χ1) is 16.2. The van der Waals surface area contributed by atoms with Crippen LogP contribution in [0.15, 0.2) is 88.8 Å². The quantitative estimate of drug-likeness (QED) is 0.263. The Hall–Kier alpha value is -3.65. The first kappa shape index (κ1) is 21.2. The first-order valence-electron chi connectivity index (χ1n) is 10.7. The molecule has 5 rings (SSSR count). The molecule has 0 saturated carbocycles. The number of thioether (sulfide) groups is 1. The number of nitrogens with zero attached hydrogens (tertiary/aromatic N) is 4. The second-order valence-electron chi connectivity index (χ2n) is 7.69. The molecule has 8 heteroatoms. The number of fused-ring (bicyclic) bond motifs is 1. The topological polar surface area (TPSA) is 68.5 Å². The SMILES string of the molecule is O=c1[nH]c2ccccc2n1CCCSc1nnc(-c2ccc(F)cc2)n1Cc1ccccc1. The fourth-order valence-corrected chi connectivity index (χ4v) is 4.69. The monoisotopic (exact) mass is 459 g/mol. The van der Waals surface area contributed by atoms with Crippen molar-refractivity contribution in [3.63, 3.8) is 0 Å². The molecule has 2 aromatic heterocycles. The van der Waals surface area contributed by atoms with Gasteiger partial charge in [-0.05, 0) is 48.4 Å². The highest BCUT2D eigenvalue weighted by Gasteiger charge is 2.15. The van der Waals surface area contributed by atoms with Gasteiger partial charge in [-0.1, -0.05) is 54.2 Å². The molecule has 1 N–H and O–H groups in total. The van der Waals surface area contributed by atoms with Crippen LogP contribution in [0.2, 0.25) is 0 Å². The fourth-order valence-electron chi connectivity index (χ4n) is 3.83. The molecule has 0 amide bonds. The van der Waals surface area contributed by atoms with Crippen molar-refractivity contribution < 1.29 is 4.39 Å². The highest BCUT2D eigenvalue weighted by Crippen LogP contribution is 2.26. The van der Waals surface area contributed by atoms with Gasteiger partial charge in [-0.15, -0.1) is 10.2 Å². The van der Waals surface area contributed by atoms with Crippen molar-refractivity contribution in [1.82, 2.24) is 24.3 Å². The van der Waals surface area contributed by atoms with E-state index in [2.05, 4.69) is 31.9 Å². The van der Waals surface area contributed by atoms with Crippen LogP contribution in [0.4, 0.5) is 4.39 Å². The zero-order valence-corrected chi connectivity index (χ0v) is 18.6. The van der Waals surface area contributed by atoms with E-state index in [1.807, 2.05) is 42.5 Å². The molecule has 33 heavy (non-hydrogen) atoms. The third-order valence-electron chi connectivity index (χ3n) is 5.44. The minimum Gasteiger partial charge on any atom is -0.306 e. The molecular formula is C25H22FN5OS. The molecule has 5 aromatic rings. The van der Waals surface area contributed by atoms with Gasteiger partial charge in [0.15, 0.2) is 11.0 Å². The predicted octanol–water partition coefficient (Wildman–Crippen LogP) is 4.96. The second kappa shape index (κ2) is 9.46. The number of rotatable bonds is 8. The van der Waals surface area contributed by atoms with Crippen molar-refractivity contribution in [2.45, 2.75) is 24.7 Å². The maximum atomic E-state index is 13.4. The molecule has 0 bridgehead atoms. The summed E-state index contributed by atoms with van der Waals surface area (Å²) in [6, 6.07) is 24.1. The minimum atomic E-state index is -0.282. The molecule has 0 unspecified atom stereocenters. The Morgan fingerprint density at radius 1 is 0.879 bits per heavy atom. The van der Waals surface area contributed by atoms with Gasteiger partial charge in [-0.2, -0.15) is 0 Å². The van der Waals surface area contributed by atoms with Crippen LogP contribution in [0.25, 0.3) is 22.4 Å². The summed E-state index contributed by atoms with van der Waals surface area (Å²) < 4.78 is 17.3. The number of benzene rings is 3. The van der Waals surface area contributed by atoms with E-state index in [9.17, 15) is 9.18 Å². The average Bonchev–Trinajstić information content (AvgIpc) is 3.38. The number of aryl methyl sites for hydroxylation is 1. The molecule has 0 fully saturated rings. The zero-order chi connectivity index (χ0) is 22.6. The molecular weight excluding hydrogens is 437 g/mol. The van der Waals surface area contributed by atoms with Crippen molar-refractivity contribution in [3.8, 4) is 11.4 Å². The summed E-state index contributed by atoms with van der Waals surface area (Å²) in [6.45, 7) is 1.23. The fraction of sp³-hybridized carbons (Fsp3) is 0.160. The summed E-state index contributed by atoms with van der Waals surface area (Å²) in [5.74, 6) is 1.20. The van der Waals surface area contributed by atoms with Crippen LogP contribution in [0.1, 0.15) is 12.0 Å². The number of nitrogens with one attached hydrogen (secondary N) is 1. The number of aromatic nitrogens is 5. The first-order valence-corrected chi connectivity index (χ1v) is 11.7. The molecule has 0 spiro atoms. The molecule has 6 nitrogen and oxygen atoms in total. The van der Waals surface area contributed by atoms with Gasteiger partial charge in [0.05, 0.1) is 17.6 Å². The minimum absolute atomic E-state index is 0.0907. The Balaban J connectivity index is 1.34. The van der Waals surface area contributed by atoms with Gasteiger partial charge in [-0.3, -0.25) is 9.13 Å². The molecule has 0 radical (unpaired) electrons. The number of imidazole rings is 1. The molecule has 3 aromatic carbocycles. The molecule has 0 saturated heterocycles. The van der Waals surface area contributed by atoms with E-state index < -0.39 is 0 Å². The Labute approximate surface area is 194 Å². The van der Waals surface area contributed by atoms with Gasteiger partial charge in [0, 0.05) is 17.9 Å². The number of para-hydroxylation sites is 2. The lowest BCUT2D eigenvalue weighted by Crippen LogP contribution is -2.17. The Bertz CT molecular complexity index is 1420. The van der Waals surface area contributed by atoms with Crippen molar-refractivity contribution in [3.05, 3.63) is 101 Å². The largest absolute Gasteiger partial charge is 0.326 e. The average molecular weight is 460 g/mol. The van der Waals surface area contributed by atoms with Gasteiger partial charge >= 0.3 is 5.69 Å². The van der Waals surface area contributed by atoms with E-state index in [0.29, 0.717) is 18.9 Å². The van der Waals surface area contributed by atoms with E-state index >= 15 is 0 Å². The highest BCUT2D eigenvalue weighted by atomic mass is 32.2. The molecule has 0 aliphatic rings. The normalized spacial score (nSPS) is 11.3. The van der Waals surface area contributed by atoms with Crippen LogP contribution in [-0.4, -0.2) is 30.1 Å². The maximum Gasteiger partial charge on any atom is 0.326 e. The van der Waals surface area contributed by atoms with Crippen LogP contribution in [0.5, 0.6) is 0 Å². The van der Waals surface area contributed by atoms with Gasteiger partial charge in [0.2, 0.25) is 0 Å². The molecule has 2 heterocycles. The second-order valence-corrected chi connectivity index (χ2v) is 8.75. The summed E-state index contributed by atoms with van der Waals surface area (Å²) in [7, 11) is 0. The summed E-state index contributed by atoms with van der Waals surface area (Å²) in [5.41, 5.74) is 3.62. The van der Waals surface area contributed by atoms with E-state index in [4.69, 9.17) is 0 Å². The number of aromatic amines is 1. The lowest BCUT2D eigenvalue weighted by Gasteiger charge is -2.11. The Morgan fingerprint density at radius 2 is 1.64 bits per heavy atom. The van der Waals surface area contributed by atoms with E-state index in [-0.39, 0.29) is 11.5 Å². The third kappa shape index (κ3) is 4.61. The summed E-state index contributed by atoms with van der Waals surface area (Å²) in [5, 5.41) is 9.62. The maximum absolute atomic E-state index is 13.4. The van der Waals surface area contributed by atoms with E-state index in [1.54, 1.807) is 28.5 Å². The molecule has 0 aliphatic carbocycles. The van der Waals surface area contributed by atoms with Crippen LogP contribution in [-0.2, 0) is 13.1 Å². The number of hydrogen-bond acceptors (Lipinski definition) is 4. The standard InChI is InChI=1S/C25H22FN5OS/c26-20-13-11-19(12-14-20)23-28-29-25(31(23)17-18-7-2-1-3-8-18)33-16-6-15-30-22-10-5-4-9-21(22)27-24(30)32/h1-5,7-14H,6,15-17H2,(H,27,32). The van der Waals surface area contributed by atoms with Crippen LogP contribution < -0.4 is 5.69 Å². The van der Waals surface area contributed by atoms with Crippen LogP contribution >= 0.6 is 11.8 Å². The van der Waals surface area contributed by atoms with E-state index in [0.717, 1.165) is 39.5 Å². The Morgan fingerprint density at radius 3 is 2.45 bits per heavy atom. The third-order valence-corrected chi connectivity index (χ3v) is 6.49.